The Labute approximate surface area is 189 Å². The predicted molar refractivity (Wildman–Crippen MR) is 129 cm³/mol. The SMILES string of the molecule is CC1CCN(c2ccc(CNC(=O)c3cc4ccccc4nc3N3CCCC3)cn2)CC1. The molecule has 0 saturated carbocycles. The van der Waals surface area contributed by atoms with Gasteiger partial charge in [-0.2, -0.15) is 0 Å². The van der Waals surface area contributed by atoms with E-state index in [9.17, 15) is 4.79 Å². The van der Waals surface area contributed by atoms with Gasteiger partial charge < -0.3 is 15.1 Å². The number of aromatic nitrogens is 2. The van der Waals surface area contributed by atoms with E-state index in [0.29, 0.717) is 12.1 Å². The van der Waals surface area contributed by atoms with Crippen LogP contribution in [0.1, 0.15) is 48.5 Å². The largest absolute Gasteiger partial charge is 0.357 e. The summed E-state index contributed by atoms with van der Waals surface area (Å²) >= 11 is 0. The summed E-state index contributed by atoms with van der Waals surface area (Å²) in [6, 6.07) is 14.1. The molecule has 0 radical (unpaired) electrons. The second-order valence-electron chi connectivity index (χ2n) is 9.12. The van der Waals surface area contributed by atoms with E-state index in [2.05, 4.69) is 39.2 Å². The number of carbonyl (C=O) groups is 1. The molecule has 1 N–H and O–H groups in total. The Balaban J connectivity index is 1.30. The van der Waals surface area contributed by atoms with Crippen LogP contribution in [0.4, 0.5) is 11.6 Å². The van der Waals surface area contributed by atoms with Gasteiger partial charge in [-0.25, -0.2) is 9.97 Å². The predicted octanol–water partition coefficient (Wildman–Crippen LogP) is 4.40. The van der Waals surface area contributed by atoms with Crippen LogP contribution in [0.15, 0.2) is 48.7 Å². The zero-order chi connectivity index (χ0) is 21.9. The fourth-order valence-electron chi connectivity index (χ4n) is 4.67. The minimum absolute atomic E-state index is 0.0840. The van der Waals surface area contributed by atoms with Gasteiger partial charge in [0.05, 0.1) is 11.1 Å². The van der Waals surface area contributed by atoms with Crippen LogP contribution in [0, 0.1) is 5.92 Å². The summed E-state index contributed by atoms with van der Waals surface area (Å²) < 4.78 is 0. The van der Waals surface area contributed by atoms with Crippen molar-refractivity contribution in [3.63, 3.8) is 0 Å². The summed E-state index contributed by atoms with van der Waals surface area (Å²) in [4.78, 5) is 27.3. The quantitative estimate of drug-likeness (QED) is 0.652. The van der Waals surface area contributed by atoms with Gasteiger partial charge in [0.2, 0.25) is 0 Å². The summed E-state index contributed by atoms with van der Waals surface area (Å²) in [7, 11) is 0. The summed E-state index contributed by atoms with van der Waals surface area (Å²) in [6.07, 6.45) is 6.61. The van der Waals surface area contributed by atoms with Gasteiger partial charge in [-0.1, -0.05) is 31.2 Å². The number of pyridine rings is 2. The fraction of sp³-hybridized carbons (Fsp3) is 0.423. The Morgan fingerprint density at radius 2 is 1.81 bits per heavy atom. The van der Waals surface area contributed by atoms with Crippen molar-refractivity contribution < 1.29 is 4.79 Å². The number of nitrogens with zero attached hydrogens (tertiary/aromatic N) is 4. The minimum atomic E-state index is -0.0840. The van der Waals surface area contributed by atoms with Crippen LogP contribution in [0.3, 0.4) is 0 Å². The Kier molecular flexibility index (Phi) is 5.93. The molecule has 0 aliphatic carbocycles. The molecule has 0 atom stereocenters. The number of rotatable bonds is 5. The lowest BCUT2D eigenvalue weighted by Crippen LogP contribution is -2.33. The van der Waals surface area contributed by atoms with Crippen molar-refractivity contribution in [2.45, 2.75) is 39.2 Å². The number of hydrogen-bond donors (Lipinski definition) is 1. The zero-order valence-electron chi connectivity index (χ0n) is 18.8. The number of piperidine rings is 1. The third kappa shape index (κ3) is 4.40. The molecule has 3 aromatic rings. The highest BCUT2D eigenvalue weighted by molar-refractivity contribution is 6.02. The maximum atomic E-state index is 13.2. The highest BCUT2D eigenvalue weighted by Gasteiger charge is 2.22. The van der Waals surface area contributed by atoms with Crippen LogP contribution >= 0.6 is 0 Å². The summed E-state index contributed by atoms with van der Waals surface area (Å²) in [5.74, 6) is 2.54. The number of fused-ring (bicyclic) bond motifs is 1. The van der Waals surface area contributed by atoms with Crippen molar-refractivity contribution in [2.75, 3.05) is 36.0 Å². The monoisotopic (exact) mass is 429 g/mol. The lowest BCUT2D eigenvalue weighted by Gasteiger charge is -2.31. The fourth-order valence-corrected chi connectivity index (χ4v) is 4.67. The number of carbonyl (C=O) groups excluding carboxylic acids is 1. The van der Waals surface area contributed by atoms with Crippen LogP contribution in [0.5, 0.6) is 0 Å². The second kappa shape index (κ2) is 9.15. The molecule has 0 spiro atoms. The third-order valence-corrected chi connectivity index (χ3v) is 6.72. The molecule has 32 heavy (non-hydrogen) atoms. The first kappa shape index (κ1) is 20.7. The molecule has 2 aliphatic rings. The summed E-state index contributed by atoms with van der Waals surface area (Å²) in [6.45, 7) is 6.81. The van der Waals surface area contributed by atoms with Crippen molar-refractivity contribution in [3.05, 3.63) is 59.8 Å². The van der Waals surface area contributed by atoms with Crippen LogP contribution < -0.4 is 15.1 Å². The minimum Gasteiger partial charge on any atom is -0.357 e. The molecule has 2 aliphatic heterocycles. The van der Waals surface area contributed by atoms with E-state index >= 15 is 0 Å². The Hall–Kier alpha value is -3.15. The summed E-state index contributed by atoms with van der Waals surface area (Å²) in [5, 5.41) is 4.08. The first-order chi connectivity index (χ1) is 15.7. The molecule has 6 heteroatoms. The van der Waals surface area contributed by atoms with Gasteiger partial charge in [0.25, 0.3) is 5.91 Å². The highest BCUT2D eigenvalue weighted by Crippen LogP contribution is 2.27. The molecule has 166 valence electrons. The Bertz CT molecular complexity index is 1080. The second-order valence-corrected chi connectivity index (χ2v) is 9.12. The molecule has 1 amide bonds. The van der Waals surface area contributed by atoms with Gasteiger partial charge in [-0.15, -0.1) is 0 Å². The summed E-state index contributed by atoms with van der Waals surface area (Å²) in [5.41, 5.74) is 2.58. The van der Waals surface area contributed by atoms with Crippen molar-refractivity contribution in [2.24, 2.45) is 5.92 Å². The van der Waals surface area contributed by atoms with E-state index in [-0.39, 0.29) is 5.91 Å². The number of para-hydroxylation sites is 1. The standard InChI is InChI=1S/C26H31N5O/c1-19-10-14-30(15-11-19)24-9-8-20(17-27-24)18-28-26(32)22-16-21-6-2-3-7-23(21)29-25(22)31-12-4-5-13-31/h2-3,6-9,16-17,19H,4-5,10-15,18H2,1H3,(H,28,32). The maximum absolute atomic E-state index is 13.2. The van der Waals surface area contributed by atoms with Gasteiger partial charge in [-0.05, 0) is 55.4 Å². The first-order valence-electron chi connectivity index (χ1n) is 11.8. The Morgan fingerprint density at radius 3 is 2.56 bits per heavy atom. The molecular weight excluding hydrogens is 398 g/mol. The topological polar surface area (TPSA) is 61.4 Å². The van der Waals surface area contributed by atoms with Gasteiger partial charge in [-0.3, -0.25) is 4.79 Å². The van der Waals surface area contributed by atoms with Crippen LogP contribution in [0.2, 0.25) is 0 Å². The van der Waals surface area contributed by atoms with Gasteiger partial charge >= 0.3 is 0 Å². The van der Waals surface area contributed by atoms with Crippen molar-refractivity contribution in [1.82, 2.24) is 15.3 Å². The van der Waals surface area contributed by atoms with Gasteiger partial charge in [0, 0.05) is 44.3 Å². The highest BCUT2D eigenvalue weighted by atomic mass is 16.1. The Morgan fingerprint density at radius 1 is 1.03 bits per heavy atom. The smallest absolute Gasteiger partial charge is 0.255 e. The molecule has 2 saturated heterocycles. The van der Waals surface area contributed by atoms with Gasteiger partial charge in [0.1, 0.15) is 11.6 Å². The van der Waals surface area contributed by atoms with Crippen LogP contribution in [-0.4, -0.2) is 42.1 Å². The lowest BCUT2D eigenvalue weighted by molar-refractivity contribution is 0.0951. The molecule has 6 nitrogen and oxygen atoms in total. The van der Waals surface area contributed by atoms with Crippen molar-refractivity contribution in [1.29, 1.82) is 0 Å². The number of hydrogen-bond acceptors (Lipinski definition) is 5. The molecule has 0 bridgehead atoms. The van der Waals surface area contributed by atoms with E-state index in [4.69, 9.17) is 4.98 Å². The number of amides is 1. The van der Waals surface area contributed by atoms with E-state index in [1.807, 2.05) is 36.5 Å². The third-order valence-electron chi connectivity index (χ3n) is 6.72. The molecular formula is C26H31N5O. The van der Waals surface area contributed by atoms with E-state index in [1.165, 1.54) is 12.8 Å². The molecule has 2 aromatic heterocycles. The van der Waals surface area contributed by atoms with Gasteiger partial charge in [0.15, 0.2) is 0 Å². The zero-order valence-corrected chi connectivity index (χ0v) is 18.8. The van der Waals surface area contributed by atoms with Crippen molar-refractivity contribution >= 4 is 28.4 Å². The normalized spacial score (nSPS) is 17.2. The first-order valence-corrected chi connectivity index (χ1v) is 11.8. The van der Waals surface area contributed by atoms with E-state index < -0.39 is 0 Å². The van der Waals surface area contributed by atoms with E-state index in [0.717, 1.165) is 73.0 Å². The average molecular weight is 430 g/mol. The molecule has 5 rings (SSSR count). The van der Waals surface area contributed by atoms with Crippen LogP contribution in [-0.2, 0) is 6.54 Å². The number of anilines is 2. The lowest BCUT2D eigenvalue weighted by atomic mass is 9.99. The van der Waals surface area contributed by atoms with Crippen molar-refractivity contribution in [3.8, 4) is 0 Å². The number of nitrogens with one attached hydrogen (secondary N) is 1. The average Bonchev–Trinajstić information content (AvgIpc) is 3.37. The van der Waals surface area contributed by atoms with E-state index in [1.54, 1.807) is 0 Å². The molecule has 1 aromatic carbocycles. The van der Waals surface area contributed by atoms with Crippen LogP contribution in [0.25, 0.3) is 10.9 Å². The number of benzene rings is 1. The maximum Gasteiger partial charge on any atom is 0.255 e. The molecule has 2 fully saturated rings. The molecule has 4 heterocycles. The molecule has 0 unspecified atom stereocenters.